The van der Waals surface area contributed by atoms with Crippen molar-refractivity contribution in [3.8, 4) is 0 Å². The van der Waals surface area contributed by atoms with Crippen molar-refractivity contribution in [3.05, 3.63) is 0 Å². The third-order valence-electron chi connectivity index (χ3n) is 3.09. The molecule has 0 rings (SSSR count). The zero-order chi connectivity index (χ0) is 13.4. The molecule has 0 aliphatic rings. The van der Waals surface area contributed by atoms with E-state index in [9.17, 15) is 9.90 Å². The van der Waals surface area contributed by atoms with Crippen LogP contribution in [0.1, 0.15) is 47.5 Å². The lowest BCUT2D eigenvalue weighted by atomic mass is 10.0. The van der Waals surface area contributed by atoms with Crippen LogP contribution < -0.4 is 10.6 Å². The van der Waals surface area contributed by atoms with Crippen LogP contribution in [0.25, 0.3) is 0 Å². The molecule has 0 aromatic carbocycles. The minimum absolute atomic E-state index is 0.0843. The number of aliphatic hydroxyl groups excluding tert-OH is 1. The summed E-state index contributed by atoms with van der Waals surface area (Å²) >= 11 is 0. The van der Waals surface area contributed by atoms with Gasteiger partial charge in [-0.05, 0) is 25.8 Å². The fraction of sp³-hybridized carbons (Fsp3) is 0.923. The highest BCUT2D eigenvalue weighted by molar-refractivity contribution is 5.81. The van der Waals surface area contributed by atoms with Crippen LogP contribution in [0.15, 0.2) is 0 Å². The van der Waals surface area contributed by atoms with Gasteiger partial charge in [0, 0.05) is 12.1 Å². The maximum absolute atomic E-state index is 11.8. The quantitative estimate of drug-likeness (QED) is 0.603. The molecule has 0 bridgehead atoms. The third-order valence-corrected chi connectivity index (χ3v) is 3.09. The molecule has 0 radical (unpaired) electrons. The second-order valence-electron chi connectivity index (χ2n) is 4.94. The average molecular weight is 244 g/mol. The Labute approximate surface area is 105 Å². The lowest BCUT2D eigenvalue weighted by Crippen LogP contribution is -2.51. The second-order valence-corrected chi connectivity index (χ2v) is 4.94. The smallest absolute Gasteiger partial charge is 0.250 e. The molecular weight excluding hydrogens is 216 g/mol. The van der Waals surface area contributed by atoms with Crippen molar-refractivity contribution in [1.82, 2.24) is 10.6 Å². The summed E-state index contributed by atoms with van der Waals surface area (Å²) < 4.78 is 0. The zero-order valence-electron chi connectivity index (χ0n) is 11.8. The maximum atomic E-state index is 11.8. The van der Waals surface area contributed by atoms with Gasteiger partial charge < -0.3 is 15.7 Å². The number of hydrogen-bond acceptors (Lipinski definition) is 3. The summed E-state index contributed by atoms with van der Waals surface area (Å²) in [7, 11) is 0. The molecule has 0 aliphatic carbocycles. The number of carbonyl (C=O) groups is 1. The Bertz CT molecular complexity index is 213. The molecule has 102 valence electrons. The van der Waals surface area contributed by atoms with Crippen LogP contribution in [-0.4, -0.2) is 35.7 Å². The molecule has 0 spiro atoms. The van der Waals surface area contributed by atoms with Crippen molar-refractivity contribution < 1.29 is 9.90 Å². The van der Waals surface area contributed by atoms with Gasteiger partial charge in [0.05, 0.1) is 0 Å². The van der Waals surface area contributed by atoms with Crippen LogP contribution in [0.4, 0.5) is 0 Å². The van der Waals surface area contributed by atoms with Gasteiger partial charge in [-0.1, -0.05) is 34.1 Å². The highest BCUT2D eigenvalue weighted by Gasteiger charge is 2.25. The normalized spacial score (nSPS) is 16.6. The molecule has 4 heteroatoms. The number of nitrogens with one attached hydrogen (secondary N) is 2. The summed E-state index contributed by atoms with van der Waals surface area (Å²) in [5.41, 5.74) is 0. The van der Waals surface area contributed by atoms with E-state index in [-0.39, 0.29) is 18.0 Å². The summed E-state index contributed by atoms with van der Waals surface area (Å²) in [6.07, 6.45) is 0.788. The van der Waals surface area contributed by atoms with Crippen molar-refractivity contribution in [2.45, 2.75) is 65.6 Å². The summed E-state index contributed by atoms with van der Waals surface area (Å²) in [4.78, 5) is 11.8. The van der Waals surface area contributed by atoms with E-state index >= 15 is 0 Å². The Hall–Kier alpha value is -0.610. The fourth-order valence-electron chi connectivity index (χ4n) is 1.60. The van der Waals surface area contributed by atoms with Crippen molar-refractivity contribution >= 4 is 5.91 Å². The zero-order valence-corrected chi connectivity index (χ0v) is 11.8. The molecule has 0 aromatic rings. The Balaban J connectivity index is 4.33. The number of likely N-dealkylation sites (N-methyl/N-ethyl adjacent to an activating group) is 1. The summed E-state index contributed by atoms with van der Waals surface area (Å²) in [6, 6.07) is -0.0644. The SMILES string of the molecule is CCCC(NCC)C(O)C(=O)NC(C)C(C)C. The first kappa shape index (κ1) is 16.4. The number of hydrogen-bond donors (Lipinski definition) is 3. The minimum atomic E-state index is -0.962. The van der Waals surface area contributed by atoms with Gasteiger partial charge in [0.25, 0.3) is 5.91 Å². The molecule has 0 saturated carbocycles. The van der Waals surface area contributed by atoms with Crippen molar-refractivity contribution in [1.29, 1.82) is 0 Å². The Kier molecular flexibility index (Phi) is 8.17. The lowest BCUT2D eigenvalue weighted by molar-refractivity contribution is -0.131. The molecule has 0 saturated heterocycles. The highest BCUT2D eigenvalue weighted by Crippen LogP contribution is 2.05. The fourth-order valence-corrected chi connectivity index (χ4v) is 1.60. The van der Waals surface area contributed by atoms with Crippen molar-refractivity contribution in [3.63, 3.8) is 0 Å². The van der Waals surface area contributed by atoms with E-state index in [4.69, 9.17) is 0 Å². The maximum Gasteiger partial charge on any atom is 0.250 e. The van der Waals surface area contributed by atoms with Gasteiger partial charge in [0.15, 0.2) is 0 Å². The number of aliphatic hydroxyl groups is 1. The number of rotatable bonds is 8. The summed E-state index contributed by atoms with van der Waals surface area (Å²) in [6.45, 7) is 10.8. The van der Waals surface area contributed by atoms with Crippen LogP contribution in [0, 0.1) is 5.92 Å². The van der Waals surface area contributed by atoms with E-state index in [2.05, 4.69) is 10.6 Å². The first-order valence-electron chi connectivity index (χ1n) is 6.65. The number of carbonyl (C=O) groups excluding carboxylic acids is 1. The molecule has 0 aromatic heterocycles. The number of amides is 1. The highest BCUT2D eigenvalue weighted by atomic mass is 16.3. The Morgan fingerprint density at radius 3 is 2.24 bits per heavy atom. The summed E-state index contributed by atoms with van der Waals surface area (Å²) in [5.74, 6) is 0.0977. The van der Waals surface area contributed by atoms with Crippen molar-refractivity contribution in [2.75, 3.05) is 6.54 Å². The molecule has 3 unspecified atom stereocenters. The molecule has 0 fully saturated rings. The first-order valence-corrected chi connectivity index (χ1v) is 6.65. The second kappa shape index (κ2) is 8.48. The average Bonchev–Trinajstić information content (AvgIpc) is 2.27. The molecule has 0 heterocycles. The van der Waals surface area contributed by atoms with E-state index in [1.165, 1.54) is 0 Å². The van der Waals surface area contributed by atoms with Gasteiger partial charge in [0.1, 0.15) is 6.10 Å². The predicted molar refractivity (Wildman–Crippen MR) is 70.8 cm³/mol. The third kappa shape index (κ3) is 6.03. The van der Waals surface area contributed by atoms with E-state index in [1.807, 2.05) is 34.6 Å². The van der Waals surface area contributed by atoms with E-state index < -0.39 is 6.10 Å². The van der Waals surface area contributed by atoms with Gasteiger partial charge in [-0.25, -0.2) is 0 Å². The van der Waals surface area contributed by atoms with Crippen LogP contribution in [0.2, 0.25) is 0 Å². The molecule has 3 atom stereocenters. The van der Waals surface area contributed by atoms with Gasteiger partial charge in [0.2, 0.25) is 0 Å². The first-order chi connectivity index (χ1) is 7.93. The van der Waals surface area contributed by atoms with Gasteiger partial charge >= 0.3 is 0 Å². The van der Waals surface area contributed by atoms with Crippen LogP contribution in [0.5, 0.6) is 0 Å². The largest absolute Gasteiger partial charge is 0.382 e. The lowest BCUT2D eigenvalue weighted by Gasteiger charge is -2.25. The molecule has 17 heavy (non-hydrogen) atoms. The Morgan fingerprint density at radius 1 is 1.24 bits per heavy atom. The standard InChI is InChI=1S/C13H28N2O2/c1-6-8-11(14-7-2)12(16)13(17)15-10(5)9(3)4/h9-12,14,16H,6-8H2,1-5H3,(H,15,17). The minimum Gasteiger partial charge on any atom is -0.382 e. The predicted octanol–water partition coefficient (Wildman–Crippen LogP) is 1.29. The van der Waals surface area contributed by atoms with Crippen LogP contribution in [0.3, 0.4) is 0 Å². The molecule has 0 aliphatic heterocycles. The molecule has 4 nitrogen and oxygen atoms in total. The molecule has 1 amide bonds. The topological polar surface area (TPSA) is 61.4 Å². The van der Waals surface area contributed by atoms with E-state index in [0.717, 1.165) is 19.4 Å². The summed E-state index contributed by atoms with van der Waals surface area (Å²) in [5, 5.41) is 16.0. The monoisotopic (exact) mass is 244 g/mol. The van der Waals surface area contributed by atoms with Gasteiger partial charge in [-0.2, -0.15) is 0 Å². The molecule has 3 N–H and O–H groups in total. The van der Waals surface area contributed by atoms with E-state index in [1.54, 1.807) is 0 Å². The molecular formula is C13H28N2O2. The Morgan fingerprint density at radius 2 is 1.82 bits per heavy atom. The van der Waals surface area contributed by atoms with Crippen LogP contribution >= 0.6 is 0 Å². The van der Waals surface area contributed by atoms with E-state index in [0.29, 0.717) is 5.92 Å². The van der Waals surface area contributed by atoms with Gasteiger partial charge in [-0.15, -0.1) is 0 Å². The van der Waals surface area contributed by atoms with Gasteiger partial charge in [-0.3, -0.25) is 4.79 Å². The van der Waals surface area contributed by atoms with Crippen molar-refractivity contribution in [2.24, 2.45) is 5.92 Å². The van der Waals surface area contributed by atoms with Crippen LogP contribution in [-0.2, 0) is 4.79 Å².